The fourth-order valence-electron chi connectivity index (χ4n) is 3.11. The van der Waals surface area contributed by atoms with E-state index in [9.17, 15) is 4.79 Å². The van der Waals surface area contributed by atoms with Crippen molar-refractivity contribution in [2.45, 2.75) is 0 Å². The Bertz CT molecular complexity index is 1150. The second kappa shape index (κ2) is 7.81. The third kappa shape index (κ3) is 3.81. The number of alkyl halides is 1. The highest BCUT2D eigenvalue weighted by molar-refractivity contribution is 14.1. The number of carbonyl (C=O) groups excluding carboxylic acids is 1. The Kier molecular flexibility index (Phi) is 5.08. The Balaban J connectivity index is 1.76. The second-order valence-corrected chi connectivity index (χ2v) is 6.97. The fraction of sp³-hybridized carbons (Fsp3) is 0.0417. The number of rotatable bonds is 2. The van der Waals surface area contributed by atoms with Gasteiger partial charge in [-0.05, 0) is 51.9 Å². The molecule has 0 aliphatic heterocycles. The molecule has 0 fully saturated rings. The average molecular weight is 461 g/mol. The predicted molar refractivity (Wildman–Crippen MR) is 121 cm³/mol. The van der Waals surface area contributed by atoms with Crippen molar-refractivity contribution in [2.24, 2.45) is 0 Å². The third-order valence-corrected chi connectivity index (χ3v) is 5.09. The second-order valence-electron chi connectivity index (χ2n) is 6.20. The first-order valence-corrected chi connectivity index (χ1v) is 10.2. The molecule has 0 unspecified atom stereocenters. The van der Waals surface area contributed by atoms with Gasteiger partial charge in [0.15, 0.2) is 0 Å². The first-order chi connectivity index (χ1) is 13.2. The van der Waals surface area contributed by atoms with E-state index in [-0.39, 0.29) is 5.91 Å². The number of nitrogens with one attached hydrogen (secondary N) is 1. The molecule has 4 aromatic rings. The van der Waals surface area contributed by atoms with Crippen molar-refractivity contribution in [3.8, 4) is 11.8 Å². The van der Waals surface area contributed by atoms with Crippen LogP contribution < -0.4 is 5.32 Å². The number of benzene rings is 4. The lowest BCUT2D eigenvalue weighted by Gasteiger charge is -2.06. The quantitative estimate of drug-likeness (QED) is 0.175. The van der Waals surface area contributed by atoms with E-state index in [0.29, 0.717) is 4.43 Å². The largest absolute Gasteiger partial charge is 0.325 e. The van der Waals surface area contributed by atoms with Crippen molar-refractivity contribution >= 4 is 55.7 Å². The lowest BCUT2D eigenvalue weighted by Crippen LogP contribution is -2.11. The molecule has 0 aliphatic carbocycles. The van der Waals surface area contributed by atoms with Crippen molar-refractivity contribution in [2.75, 3.05) is 9.74 Å². The van der Waals surface area contributed by atoms with Crippen molar-refractivity contribution in [1.29, 1.82) is 0 Å². The van der Waals surface area contributed by atoms with Gasteiger partial charge in [0.25, 0.3) is 0 Å². The number of halogens is 1. The van der Waals surface area contributed by atoms with Crippen molar-refractivity contribution in [1.82, 2.24) is 0 Å². The van der Waals surface area contributed by atoms with E-state index in [1.165, 1.54) is 10.8 Å². The van der Waals surface area contributed by atoms with Crippen LogP contribution in [0, 0.1) is 11.8 Å². The summed E-state index contributed by atoms with van der Waals surface area (Å²) in [6.45, 7) is 0. The molecule has 3 heteroatoms. The van der Waals surface area contributed by atoms with Gasteiger partial charge in [-0.3, -0.25) is 4.79 Å². The Hall–Kier alpha value is -2.84. The molecule has 0 radical (unpaired) electrons. The molecule has 130 valence electrons. The molecule has 4 rings (SSSR count). The van der Waals surface area contributed by atoms with Gasteiger partial charge >= 0.3 is 0 Å². The Morgan fingerprint density at radius 2 is 1.41 bits per heavy atom. The molecule has 0 spiro atoms. The van der Waals surface area contributed by atoms with Crippen molar-refractivity contribution < 1.29 is 4.79 Å². The summed E-state index contributed by atoms with van der Waals surface area (Å²) in [6, 6.07) is 26.5. The van der Waals surface area contributed by atoms with Crippen LogP contribution >= 0.6 is 22.6 Å². The van der Waals surface area contributed by atoms with Gasteiger partial charge in [-0.25, -0.2) is 0 Å². The zero-order valence-electron chi connectivity index (χ0n) is 14.5. The van der Waals surface area contributed by atoms with Gasteiger partial charge in [0, 0.05) is 16.8 Å². The SMILES string of the molecule is O=C(CI)Nc1ccc(C#Cc2c3ccccc3cc3ccccc23)cc1. The molecule has 0 bridgehead atoms. The molecule has 0 saturated carbocycles. The lowest BCUT2D eigenvalue weighted by molar-refractivity contribution is -0.113. The van der Waals surface area contributed by atoms with Crippen LogP contribution in [0.5, 0.6) is 0 Å². The summed E-state index contributed by atoms with van der Waals surface area (Å²) in [4.78, 5) is 11.5. The van der Waals surface area contributed by atoms with Gasteiger partial charge < -0.3 is 5.32 Å². The first kappa shape index (κ1) is 17.6. The van der Waals surface area contributed by atoms with Crippen LogP contribution in [0.3, 0.4) is 0 Å². The molecule has 0 aliphatic rings. The summed E-state index contributed by atoms with van der Waals surface area (Å²) >= 11 is 2.05. The summed E-state index contributed by atoms with van der Waals surface area (Å²) in [5.74, 6) is 6.65. The van der Waals surface area contributed by atoms with Crippen molar-refractivity contribution in [3.63, 3.8) is 0 Å². The molecule has 0 aromatic heterocycles. The number of carbonyl (C=O) groups is 1. The van der Waals surface area contributed by atoms with Crippen LogP contribution in [-0.2, 0) is 4.79 Å². The fourth-order valence-corrected chi connectivity index (χ4v) is 3.31. The lowest BCUT2D eigenvalue weighted by atomic mass is 9.97. The van der Waals surface area contributed by atoms with Gasteiger partial charge in [-0.2, -0.15) is 0 Å². The van der Waals surface area contributed by atoms with Gasteiger partial charge in [0.2, 0.25) is 5.91 Å². The van der Waals surface area contributed by atoms with Gasteiger partial charge in [0.1, 0.15) is 0 Å². The molecule has 27 heavy (non-hydrogen) atoms. The number of fused-ring (bicyclic) bond motifs is 2. The molecular weight excluding hydrogens is 445 g/mol. The van der Waals surface area contributed by atoms with Gasteiger partial charge in [-0.1, -0.05) is 83.0 Å². The van der Waals surface area contributed by atoms with Gasteiger partial charge in [-0.15, -0.1) is 0 Å². The number of anilines is 1. The third-order valence-electron chi connectivity index (χ3n) is 4.39. The minimum absolute atomic E-state index is 0.00309. The number of hydrogen-bond donors (Lipinski definition) is 1. The molecule has 1 N–H and O–H groups in total. The Morgan fingerprint density at radius 1 is 0.815 bits per heavy atom. The molecule has 0 saturated heterocycles. The van der Waals surface area contributed by atoms with Crippen LogP contribution in [0.4, 0.5) is 5.69 Å². The Morgan fingerprint density at radius 3 is 2.00 bits per heavy atom. The van der Waals surface area contributed by atoms with Crippen LogP contribution in [0.15, 0.2) is 78.9 Å². The Labute approximate surface area is 171 Å². The molecule has 4 aromatic carbocycles. The average Bonchev–Trinajstić information content (AvgIpc) is 2.72. The van der Waals surface area contributed by atoms with E-state index >= 15 is 0 Å². The maximum Gasteiger partial charge on any atom is 0.234 e. The van der Waals surface area contributed by atoms with Crippen LogP contribution in [0.25, 0.3) is 21.5 Å². The highest BCUT2D eigenvalue weighted by Crippen LogP contribution is 2.27. The molecule has 1 amide bonds. The summed E-state index contributed by atoms with van der Waals surface area (Å²) in [6.07, 6.45) is 0. The monoisotopic (exact) mass is 461 g/mol. The highest BCUT2D eigenvalue weighted by atomic mass is 127. The minimum Gasteiger partial charge on any atom is -0.325 e. The van der Waals surface area contributed by atoms with Crippen LogP contribution in [0.2, 0.25) is 0 Å². The zero-order chi connectivity index (χ0) is 18.6. The van der Waals surface area contributed by atoms with E-state index in [0.717, 1.165) is 27.6 Å². The maximum atomic E-state index is 11.5. The highest BCUT2D eigenvalue weighted by Gasteiger charge is 2.05. The van der Waals surface area contributed by atoms with E-state index in [2.05, 4.69) is 59.6 Å². The predicted octanol–water partition coefficient (Wildman–Crippen LogP) is 5.77. The number of amides is 1. The molecule has 0 atom stereocenters. The van der Waals surface area contributed by atoms with E-state index < -0.39 is 0 Å². The molecule has 0 heterocycles. The first-order valence-electron chi connectivity index (χ1n) is 8.63. The standard InChI is InChI=1S/C24H16INO/c25-16-24(27)26-20-12-9-17(10-13-20)11-14-23-21-7-3-1-5-18(21)15-19-6-2-4-8-22(19)23/h1-10,12-13,15H,16H2,(H,26,27). The van der Waals surface area contributed by atoms with E-state index in [1.807, 2.05) is 59.0 Å². The minimum atomic E-state index is -0.00309. The summed E-state index contributed by atoms with van der Waals surface area (Å²) < 4.78 is 0.438. The normalized spacial score (nSPS) is 10.4. The van der Waals surface area contributed by atoms with Crippen LogP contribution in [0.1, 0.15) is 11.1 Å². The number of hydrogen-bond acceptors (Lipinski definition) is 1. The molecular formula is C24H16INO. The van der Waals surface area contributed by atoms with Gasteiger partial charge in [0.05, 0.1) is 4.43 Å². The van der Waals surface area contributed by atoms with E-state index in [4.69, 9.17) is 0 Å². The summed E-state index contributed by atoms with van der Waals surface area (Å²) in [7, 11) is 0. The topological polar surface area (TPSA) is 29.1 Å². The summed E-state index contributed by atoms with van der Waals surface area (Å²) in [5.41, 5.74) is 2.75. The molecule has 2 nitrogen and oxygen atoms in total. The smallest absolute Gasteiger partial charge is 0.234 e. The van der Waals surface area contributed by atoms with E-state index in [1.54, 1.807) is 0 Å². The maximum absolute atomic E-state index is 11.5. The van der Waals surface area contributed by atoms with Crippen molar-refractivity contribution in [3.05, 3.63) is 90.0 Å². The summed E-state index contributed by atoms with van der Waals surface area (Å²) in [5, 5.41) is 7.55. The van der Waals surface area contributed by atoms with Crippen LogP contribution in [-0.4, -0.2) is 10.3 Å². The zero-order valence-corrected chi connectivity index (χ0v) is 16.7.